The molecule has 1 amide bonds. The van der Waals surface area contributed by atoms with Crippen molar-refractivity contribution in [2.24, 2.45) is 0 Å². The van der Waals surface area contributed by atoms with Gasteiger partial charge in [-0.15, -0.1) is 0 Å². The fourth-order valence-electron chi connectivity index (χ4n) is 1.84. The summed E-state index contributed by atoms with van der Waals surface area (Å²) in [5, 5.41) is 21.3. The molecule has 2 rings (SSSR count). The van der Waals surface area contributed by atoms with Gasteiger partial charge in [0, 0.05) is 15.7 Å². The van der Waals surface area contributed by atoms with Gasteiger partial charge in [0.2, 0.25) is 0 Å². The van der Waals surface area contributed by atoms with E-state index in [-0.39, 0.29) is 5.57 Å². The molecular formula is C17H9Cl2N3O. The monoisotopic (exact) mass is 341 g/mol. The lowest BCUT2D eigenvalue weighted by Gasteiger charge is -2.05. The lowest BCUT2D eigenvalue weighted by molar-refractivity contribution is -0.112. The Morgan fingerprint density at radius 3 is 2.39 bits per heavy atom. The molecule has 0 aromatic heterocycles. The van der Waals surface area contributed by atoms with E-state index in [1.54, 1.807) is 24.3 Å². The highest BCUT2D eigenvalue weighted by atomic mass is 35.5. The number of nitriles is 2. The van der Waals surface area contributed by atoms with E-state index in [1.165, 1.54) is 24.3 Å². The van der Waals surface area contributed by atoms with Gasteiger partial charge in [-0.3, -0.25) is 4.79 Å². The van der Waals surface area contributed by atoms with Crippen molar-refractivity contribution in [1.29, 1.82) is 10.5 Å². The third kappa shape index (κ3) is 4.59. The maximum atomic E-state index is 12.2. The van der Waals surface area contributed by atoms with Crippen molar-refractivity contribution >= 4 is 40.9 Å². The third-order valence-electron chi connectivity index (χ3n) is 2.81. The second-order valence-electron chi connectivity index (χ2n) is 4.52. The fourth-order valence-corrected chi connectivity index (χ4v) is 2.36. The molecule has 0 atom stereocenters. The summed E-state index contributed by atoms with van der Waals surface area (Å²) in [6.07, 6.45) is 1.41. The summed E-state index contributed by atoms with van der Waals surface area (Å²) < 4.78 is 0. The lowest BCUT2D eigenvalue weighted by atomic mass is 10.1. The number of carbonyl (C=O) groups is 1. The van der Waals surface area contributed by atoms with E-state index in [0.29, 0.717) is 26.9 Å². The summed E-state index contributed by atoms with van der Waals surface area (Å²) in [5.41, 5.74) is 1.31. The van der Waals surface area contributed by atoms with Crippen LogP contribution in [-0.4, -0.2) is 5.91 Å². The van der Waals surface area contributed by atoms with Crippen LogP contribution in [0.15, 0.2) is 48.0 Å². The molecule has 0 unspecified atom stereocenters. The number of amides is 1. The van der Waals surface area contributed by atoms with Crippen LogP contribution in [0.5, 0.6) is 0 Å². The Labute approximate surface area is 143 Å². The first-order valence-corrected chi connectivity index (χ1v) is 7.17. The average Bonchev–Trinajstić information content (AvgIpc) is 2.51. The van der Waals surface area contributed by atoms with Gasteiger partial charge in [-0.2, -0.15) is 10.5 Å². The molecule has 2 aromatic carbocycles. The molecule has 0 saturated carbocycles. The van der Waals surface area contributed by atoms with Crippen LogP contribution in [0.4, 0.5) is 5.69 Å². The van der Waals surface area contributed by atoms with E-state index in [9.17, 15) is 10.1 Å². The van der Waals surface area contributed by atoms with Crippen molar-refractivity contribution in [1.82, 2.24) is 0 Å². The van der Waals surface area contributed by atoms with E-state index < -0.39 is 5.91 Å². The summed E-state index contributed by atoms with van der Waals surface area (Å²) >= 11 is 11.7. The quantitative estimate of drug-likeness (QED) is 0.663. The van der Waals surface area contributed by atoms with E-state index in [2.05, 4.69) is 5.32 Å². The van der Waals surface area contributed by atoms with E-state index in [1.807, 2.05) is 12.1 Å². The minimum Gasteiger partial charge on any atom is -0.321 e. The Hall–Kier alpha value is -2.79. The first-order chi connectivity index (χ1) is 11.0. The predicted octanol–water partition coefficient (Wildman–Crippen LogP) is 4.41. The van der Waals surface area contributed by atoms with Gasteiger partial charge in [0.25, 0.3) is 5.91 Å². The van der Waals surface area contributed by atoms with Gasteiger partial charge in [0.05, 0.1) is 11.6 Å². The van der Waals surface area contributed by atoms with Crippen LogP contribution < -0.4 is 5.32 Å². The van der Waals surface area contributed by atoms with Gasteiger partial charge in [0.1, 0.15) is 11.6 Å². The largest absolute Gasteiger partial charge is 0.321 e. The Morgan fingerprint density at radius 1 is 1.09 bits per heavy atom. The molecule has 2 aromatic rings. The SMILES string of the molecule is N#C/C(=C\c1cccc(C#N)c1)C(=O)Nc1cc(Cl)cc(Cl)c1. The number of benzene rings is 2. The maximum absolute atomic E-state index is 12.2. The second-order valence-corrected chi connectivity index (χ2v) is 5.39. The van der Waals surface area contributed by atoms with Crippen molar-refractivity contribution in [3.05, 3.63) is 69.2 Å². The maximum Gasteiger partial charge on any atom is 0.266 e. The zero-order valence-electron chi connectivity index (χ0n) is 11.7. The van der Waals surface area contributed by atoms with E-state index in [4.69, 9.17) is 28.5 Å². The van der Waals surface area contributed by atoms with Gasteiger partial charge in [-0.05, 0) is 42.0 Å². The van der Waals surface area contributed by atoms with Crippen molar-refractivity contribution in [2.75, 3.05) is 5.32 Å². The van der Waals surface area contributed by atoms with Gasteiger partial charge >= 0.3 is 0 Å². The molecule has 0 radical (unpaired) electrons. The summed E-state index contributed by atoms with van der Waals surface area (Å²) in [5.74, 6) is -0.590. The smallest absolute Gasteiger partial charge is 0.266 e. The number of carbonyl (C=O) groups excluding carboxylic acids is 1. The molecule has 0 fully saturated rings. The van der Waals surface area contributed by atoms with Crippen LogP contribution in [0.1, 0.15) is 11.1 Å². The van der Waals surface area contributed by atoms with Gasteiger partial charge in [0.15, 0.2) is 0 Å². The predicted molar refractivity (Wildman–Crippen MR) is 89.8 cm³/mol. The van der Waals surface area contributed by atoms with Crippen LogP contribution in [0.25, 0.3) is 6.08 Å². The Morgan fingerprint density at radius 2 is 1.78 bits per heavy atom. The van der Waals surface area contributed by atoms with Crippen LogP contribution in [0.3, 0.4) is 0 Å². The van der Waals surface area contributed by atoms with Crippen molar-refractivity contribution < 1.29 is 4.79 Å². The average molecular weight is 342 g/mol. The molecule has 23 heavy (non-hydrogen) atoms. The Bertz CT molecular complexity index is 856. The molecule has 0 aliphatic heterocycles. The molecule has 0 aliphatic rings. The molecule has 0 saturated heterocycles. The normalized spacial score (nSPS) is 10.5. The molecule has 4 nitrogen and oxygen atoms in total. The molecule has 0 aliphatic carbocycles. The molecule has 0 spiro atoms. The Balaban J connectivity index is 2.26. The number of hydrogen-bond donors (Lipinski definition) is 1. The first-order valence-electron chi connectivity index (χ1n) is 6.41. The summed E-state index contributed by atoms with van der Waals surface area (Å²) in [6, 6.07) is 15.0. The van der Waals surface area contributed by atoms with Crippen molar-refractivity contribution in [3.63, 3.8) is 0 Å². The number of nitrogens with zero attached hydrogens (tertiary/aromatic N) is 2. The van der Waals surface area contributed by atoms with Gasteiger partial charge in [-0.25, -0.2) is 0 Å². The molecular weight excluding hydrogens is 333 g/mol. The summed E-state index contributed by atoms with van der Waals surface area (Å²) in [7, 11) is 0. The summed E-state index contributed by atoms with van der Waals surface area (Å²) in [6.45, 7) is 0. The van der Waals surface area contributed by atoms with Gasteiger partial charge < -0.3 is 5.32 Å². The standard InChI is InChI=1S/C17H9Cl2N3O/c18-14-6-15(19)8-16(7-14)22-17(23)13(10-21)5-11-2-1-3-12(4-11)9-20/h1-8H,(H,22,23)/b13-5+. The lowest BCUT2D eigenvalue weighted by Crippen LogP contribution is -2.13. The van der Waals surface area contributed by atoms with Crippen LogP contribution >= 0.6 is 23.2 Å². The highest BCUT2D eigenvalue weighted by Gasteiger charge is 2.10. The Kier molecular flexibility index (Phi) is 5.38. The zero-order valence-corrected chi connectivity index (χ0v) is 13.2. The van der Waals surface area contributed by atoms with Crippen LogP contribution in [0.2, 0.25) is 10.0 Å². The van der Waals surface area contributed by atoms with Crippen LogP contribution in [-0.2, 0) is 4.79 Å². The summed E-state index contributed by atoms with van der Waals surface area (Å²) in [4.78, 5) is 12.2. The minimum atomic E-state index is -0.590. The highest BCUT2D eigenvalue weighted by molar-refractivity contribution is 6.35. The van der Waals surface area contributed by atoms with E-state index in [0.717, 1.165) is 0 Å². The van der Waals surface area contributed by atoms with Crippen LogP contribution in [0, 0.1) is 22.7 Å². The number of rotatable bonds is 3. The van der Waals surface area contributed by atoms with Gasteiger partial charge in [-0.1, -0.05) is 35.3 Å². The second kappa shape index (κ2) is 7.47. The molecule has 0 bridgehead atoms. The van der Waals surface area contributed by atoms with Crippen molar-refractivity contribution in [3.8, 4) is 12.1 Å². The third-order valence-corrected chi connectivity index (χ3v) is 3.25. The number of hydrogen-bond acceptors (Lipinski definition) is 3. The first kappa shape index (κ1) is 16.6. The van der Waals surface area contributed by atoms with E-state index >= 15 is 0 Å². The number of nitrogens with one attached hydrogen (secondary N) is 1. The minimum absolute atomic E-state index is 0.101. The highest BCUT2D eigenvalue weighted by Crippen LogP contribution is 2.23. The molecule has 1 N–H and O–H groups in total. The molecule has 112 valence electrons. The fraction of sp³-hybridized carbons (Fsp3) is 0. The molecule has 0 heterocycles. The van der Waals surface area contributed by atoms with Crippen molar-refractivity contribution in [2.45, 2.75) is 0 Å². The number of halogens is 2. The number of anilines is 1. The zero-order chi connectivity index (χ0) is 16.8. The topological polar surface area (TPSA) is 76.7 Å². The molecule has 6 heteroatoms.